The van der Waals surface area contributed by atoms with Crippen molar-refractivity contribution >= 4 is 15.7 Å². The van der Waals surface area contributed by atoms with Crippen molar-refractivity contribution < 1.29 is 18.3 Å². The van der Waals surface area contributed by atoms with Gasteiger partial charge in [-0.3, -0.25) is 0 Å². The van der Waals surface area contributed by atoms with Gasteiger partial charge in [-0.2, -0.15) is 4.31 Å². The van der Waals surface area contributed by atoms with Gasteiger partial charge in [-0.25, -0.2) is 8.42 Å². The van der Waals surface area contributed by atoms with Crippen LogP contribution in [0.1, 0.15) is 13.3 Å². The molecule has 0 saturated carbocycles. The number of nitrogens with two attached hydrogens (primary N) is 1. The number of sulfonamides is 1. The normalized spacial score (nSPS) is 18.9. The molecule has 0 spiro atoms. The molecule has 0 amide bonds. The van der Waals surface area contributed by atoms with Gasteiger partial charge < -0.3 is 15.6 Å². The van der Waals surface area contributed by atoms with E-state index in [2.05, 4.69) is 0 Å². The minimum Gasteiger partial charge on any atom is -0.495 e. The highest BCUT2D eigenvalue weighted by molar-refractivity contribution is 7.89. The molecular weight excluding hydrogens is 268 g/mol. The fourth-order valence-corrected chi connectivity index (χ4v) is 3.83. The van der Waals surface area contributed by atoms with Crippen molar-refractivity contribution in [3.63, 3.8) is 0 Å². The van der Waals surface area contributed by atoms with Crippen molar-refractivity contribution in [2.75, 3.05) is 25.9 Å². The Labute approximate surface area is 112 Å². The van der Waals surface area contributed by atoms with Crippen molar-refractivity contribution in [2.24, 2.45) is 0 Å². The van der Waals surface area contributed by atoms with E-state index in [-0.39, 0.29) is 23.7 Å². The summed E-state index contributed by atoms with van der Waals surface area (Å²) < 4.78 is 31.1. The summed E-state index contributed by atoms with van der Waals surface area (Å²) in [4.78, 5) is 0.0353. The molecule has 7 heteroatoms. The van der Waals surface area contributed by atoms with Gasteiger partial charge in [0.15, 0.2) is 0 Å². The van der Waals surface area contributed by atoms with Crippen LogP contribution in [0.2, 0.25) is 0 Å². The van der Waals surface area contributed by atoms with Crippen molar-refractivity contribution in [3.8, 4) is 5.75 Å². The third kappa shape index (κ3) is 2.41. The van der Waals surface area contributed by atoms with E-state index in [0.717, 1.165) is 0 Å². The van der Waals surface area contributed by atoms with Gasteiger partial charge in [-0.05, 0) is 24.6 Å². The van der Waals surface area contributed by atoms with Crippen molar-refractivity contribution in [1.82, 2.24) is 4.31 Å². The number of hydrogen-bond donors (Lipinski definition) is 2. The van der Waals surface area contributed by atoms with Gasteiger partial charge in [0.1, 0.15) is 10.6 Å². The number of nitrogen functional groups attached to an aromatic ring is 1. The molecule has 0 bridgehead atoms. The van der Waals surface area contributed by atoms with Crippen LogP contribution in [-0.4, -0.2) is 43.6 Å². The lowest BCUT2D eigenvalue weighted by Crippen LogP contribution is -2.62. The molecule has 1 aromatic rings. The van der Waals surface area contributed by atoms with Gasteiger partial charge in [-0.1, -0.05) is 6.92 Å². The zero-order valence-corrected chi connectivity index (χ0v) is 11.8. The summed E-state index contributed by atoms with van der Waals surface area (Å²) in [5, 5.41) is 9.92. The zero-order chi connectivity index (χ0) is 14.3. The highest BCUT2D eigenvalue weighted by atomic mass is 32.2. The smallest absolute Gasteiger partial charge is 0.247 e. The molecule has 2 rings (SSSR count). The molecule has 0 unspecified atom stereocenters. The van der Waals surface area contributed by atoms with Crippen molar-refractivity contribution in [3.05, 3.63) is 18.2 Å². The number of ether oxygens (including phenoxy) is 1. The molecule has 0 aromatic heterocycles. The zero-order valence-electron chi connectivity index (χ0n) is 11.0. The van der Waals surface area contributed by atoms with Gasteiger partial charge in [0.2, 0.25) is 10.0 Å². The number of methoxy groups -OCH3 is 1. The largest absolute Gasteiger partial charge is 0.495 e. The van der Waals surface area contributed by atoms with E-state index in [9.17, 15) is 13.5 Å². The number of β-amino-alcohol motifs (C(OH)–C–C–N with tert-alkyl or cyclic N) is 1. The molecule has 1 heterocycles. The SMILES string of the molecule is CCC1(O)CN(S(=O)(=O)c2cc(N)ccc2OC)C1. The average molecular weight is 286 g/mol. The number of hydrogen-bond acceptors (Lipinski definition) is 5. The molecule has 0 aliphatic carbocycles. The topological polar surface area (TPSA) is 92.9 Å². The summed E-state index contributed by atoms with van der Waals surface area (Å²) in [7, 11) is -2.27. The molecular formula is C12H18N2O4S. The van der Waals surface area contributed by atoms with Crippen LogP contribution >= 0.6 is 0 Å². The molecule has 3 N–H and O–H groups in total. The second kappa shape index (κ2) is 4.66. The standard InChI is InChI=1S/C12H18N2O4S/c1-3-12(15)7-14(8-12)19(16,17)11-6-9(13)4-5-10(11)18-2/h4-6,15H,3,7-8,13H2,1-2H3. The third-order valence-electron chi connectivity index (χ3n) is 3.40. The Morgan fingerprint density at radius 2 is 2.11 bits per heavy atom. The van der Waals surface area contributed by atoms with E-state index in [4.69, 9.17) is 10.5 Å². The minimum atomic E-state index is -3.68. The van der Waals surface area contributed by atoms with Crippen molar-refractivity contribution in [2.45, 2.75) is 23.8 Å². The molecule has 1 aliphatic rings. The molecule has 1 aliphatic heterocycles. The van der Waals surface area contributed by atoms with Gasteiger partial charge >= 0.3 is 0 Å². The molecule has 0 radical (unpaired) electrons. The Morgan fingerprint density at radius 3 is 2.63 bits per heavy atom. The number of nitrogens with zero attached hydrogens (tertiary/aromatic N) is 1. The number of benzene rings is 1. The summed E-state index contributed by atoms with van der Waals surface area (Å²) in [6.07, 6.45) is 0.521. The van der Waals surface area contributed by atoms with E-state index in [1.807, 2.05) is 6.92 Å². The van der Waals surface area contributed by atoms with E-state index < -0.39 is 15.6 Å². The number of anilines is 1. The fraction of sp³-hybridized carbons (Fsp3) is 0.500. The Hall–Kier alpha value is -1.31. The summed E-state index contributed by atoms with van der Waals surface area (Å²) >= 11 is 0. The number of aliphatic hydroxyl groups is 1. The minimum absolute atomic E-state index is 0.0353. The Kier molecular flexibility index (Phi) is 3.46. The molecule has 1 aromatic carbocycles. The molecule has 0 atom stereocenters. The first kappa shape index (κ1) is 14.1. The second-order valence-corrected chi connectivity index (χ2v) is 6.67. The van der Waals surface area contributed by atoms with E-state index in [1.165, 1.54) is 23.5 Å². The predicted molar refractivity (Wildman–Crippen MR) is 71.4 cm³/mol. The van der Waals surface area contributed by atoms with E-state index in [1.54, 1.807) is 6.07 Å². The lowest BCUT2D eigenvalue weighted by atomic mass is 9.94. The Bertz CT molecular complexity index is 579. The summed E-state index contributed by atoms with van der Waals surface area (Å²) in [6.45, 7) is 2.03. The lowest BCUT2D eigenvalue weighted by molar-refractivity contribution is -0.0613. The Balaban J connectivity index is 2.34. The second-order valence-electron chi connectivity index (χ2n) is 4.76. The molecule has 1 saturated heterocycles. The van der Waals surface area contributed by atoms with Crippen LogP contribution in [0.15, 0.2) is 23.1 Å². The van der Waals surface area contributed by atoms with E-state index in [0.29, 0.717) is 12.1 Å². The Morgan fingerprint density at radius 1 is 1.47 bits per heavy atom. The molecule has 1 fully saturated rings. The first-order valence-electron chi connectivity index (χ1n) is 5.98. The third-order valence-corrected chi connectivity index (χ3v) is 5.22. The van der Waals surface area contributed by atoms with Gasteiger partial charge in [-0.15, -0.1) is 0 Å². The van der Waals surface area contributed by atoms with Crippen LogP contribution in [0, 0.1) is 0 Å². The van der Waals surface area contributed by atoms with Crippen molar-refractivity contribution in [1.29, 1.82) is 0 Å². The monoisotopic (exact) mass is 286 g/mol. The lowest BCUT2D eigenvalue weighted by Gasteiger charge is -2.44. The van der Waals surface area contributed by atoms with Crippen LogP contribution in [0.3, 0.4) is 0 Å². The summed E-state index contributed by atoms with van der Waals surface area (Å²) in [5.41, 5.74) is 5.07. The molecule has 19 heavy (non-hydrogen) atoms. The summed E-state index contributed by atoms with van der Waals surface area (Å²) in [6, 6.07) is 4.47. The van der Waals surface area contributed by atoms with Crippen LogP contribution in [0.4, 0.5) is 5.69 Å². The van der Waals surface area contributed by atoms with Gasteiger partial charge in [0.25, 0.3) is 0 Å². The first-order valence-corrected chi connectivity index (χ1v) is 7.42. The van der Waals surface area contributed by atoms with Gasteiger partial charge in [0.05, 0.1) is 12.7 Å². The van der Waals surface area contributed by atoms with Crippen LogP contribution < -0.4 is 10.5 Å². The maximum atomic E-state index is 12.4. The maximum Gasteiger partial charge on any atom is 0.247 e. The average Bonchev–Trinajstić information content (AvgIpc) is 2.34. The number of rotatable bonds is 4. The van der Waals surface area contributed by atoms with Crippen LogP contribution in [0.5, 0.6) is 5.75 Å². The van der Waals surface area contributed by atoms with Crippen LogP contribution in [0.25, 0.3) is 0 Å². The highest BCUT2D eigenvalue weighted by Gasteiger charge is 2.46. The quantitative estimate of drug-likeness (QED) is 0.783. The summed E-state index contributed by atoms with van der Waals surface area (Å²) in [5.74, 6) is 0.251. The maximum absolute atomic E-state index is 12.4. The first-order chi connectivity index (χ1) is 8.82. The van der Waals surface area contributed by atoms with Gasteiger partial charge in [0, 0.05) is 18.8 Å². The van der Waals surface area contributed by atoms with Crippen LogP contribution in [-0.2, 0) is 10.0 Å². The molecule has 6 nitrogen and oxygen atoms in total. The predicted octanol–water partition coefficient (Wildman–Crippen LogP) is 0.423. The molecule has 106 valence electrons. The highest BCUT2D eigenvalue weighted by Crippen LogP contribution is 2.34. The van der Waals surface area contributed by atoms with E-state index >= 15 is 0 Å². The fourth-order valence-electron chi connectivity index (χ4n) is 2.04.